The maximum absolute atomic E-state index is 12.1. The van der Waals surface area contributed by atoms with Gasteiger partial charge in [-0.2, -0.15) is 0 Å². The topological polar surface area (TPSA) is 36.7 Å². The van der Waals surface area contributed by atoms with Crippen LogP contribution in [0, 0.1) is 0 Å². The third-order valence-corrected chi connectivity index (χ3v) is 3.32. The van der Waals surface area contributed by atoms with E-state index in [4.69, 9.17) is 16.0 Å². The van der Waals surface area contributed by atoms with Gasteiger partial charge in [0.25, 0.3) is 5.91 Å². The molecule has 1 amide bonds. The van der Waals surface area contributed by atoms with E-state index in [2.05, 4.69) is 4.90 Å². The van der Waals surface area contributed by atoms with Crippen molar-refractivity contribution in [2.75, 3.05) is 27.2 Å². The molecule has 5 heteroatoms. The fourth-order valence-electron chi connectivity index (χ4n) is 1.96. The van der Waals surface area contributed by atoms with Crippen LogP contribution in [-0.4, -0.2) is 48.9 Å². The number of nitrogens with zero attached hydrogens (tertiary/aromatic N) is 2. The minimum absolute atomic E-state index is 0.0388. The van der Waals surface area contributed by atoms with E-state index in [0.29, 0.717) is 11.6 Å². The Labute approximate surface area is 99.8 Å². The molecular weight excluding hydrogens is 228 g/mol. The number of carbonyl (C=O) groups excluding carboxylic acids is 1. The Balaban J connectivity index is 2.05. The minimum Gasteiger partial charge on any atom is -0.452 e. The second kappa shape index (κ2) is 4.47. The van der Waals surface area contributed by atoms with Gasteiger partial charge in [0.15, 0.2) is 0 Å². The molecule has 1 atom stereocenters. The summed E-state index contributed by atoms with van der Waals surface area (Å²) in [5.41, 5.74) is 0.459. The molecule has 1 fully saturated rings. The Morgan fingerprint density at radius 1 is 1.62 bits per heavy atom. The highest BCUT2D eigenvalue weighted by molar-refractivity contribution is 6.32. The van der Waals surface area contributed by atoms with Gasteiger partial charge in [0, 0.05) is 19.1 Å². The molecule has 16 heavy (non-hydrogen) atoms. The molecule has 0 aliphatic carbocycles. The van der Waals surface area contributed by atoms with Gasteiger partial charge in [-0.15, -0.1) is 0 Å². The first-order chi connectivity index (χ1) is 7.59. The molecule has 1 saturated heterocycles. The van der Waals surface area contributed by atoms with E-state index in [9.17, 15) is 4.79 Å². The quantitative estimate of drug-likeness (QED) is 0.792. The van der Waals surface area contributed by atoms with Crippen molar-refractivity contribution in [3.63, 3.8) is 0 Å². The summed E-state index contributed by atoms with van der Waals surface area (Å²) in [6.45, 7) is 1.54. The number of likely N-dealkylation sites (N-methyl/N-ethyl adjacent to an activating group) is 1. The maximum Gasteiger partial charge on any atom is 0.258 e. The molecule has 1 aromatic heterocycles. The van der Waals surface area contributed by atoms with Crippen molar-refractivity contribution in [2.45, 2.75) is 12.5 Å². The van der Waals surface area contributed by atoms with E-state index in [1.165, 1.54) is 6.26 Å². The van der Waals surface area contributed by atoms with E-state index in [0.717, 1.165) is 19.5 Å². The summed E-state index contributed by atoms with van der Waals surface area (Å²) in [5, 5.41) is 0.179. The van der Waals surface area contributed by atoms with Crippen molar-refractivity contribution in [3.8, 4) is 0 Å². The Bertz CT molecular complexity index is 389. The predicted octanol–water partition coefficient (Wildman–Crippen LogP) is 1.71. The zero-order valence-corrected chi connectivity index (χ0v) is 10.2. The highest BCUT2D eigenvalue weighted by Crippen LogP contribution is 2.22. The number of carbonyl (C=O) groups is 1. The lowest BCUT2D eigenvalue weighted by molar-refractivity contribution is 0.0782. The van der Waals surface area contributed by atoms with Crippen LogP contribution in [0.5, 0.6) is 0 Å². The summed E-state index contributed by atoms with van der Waals surface area (Å²) in [7, 11) is 4.06. The van der Waals surface area contributed by atoms with Crippen molar-refractivity contribution in [3.05, 3.63) is 23.1 Å². The zero-order chi connectivity index (χ0) is 11.7. The smallest absolute Gasteiger partial charge is 0.258 e. The number of hydrogen-bond donors (Lipinski definition) is 0. The molecule has 88 valence electrons. The minimum atomic E-state index is -0.0388. The summed E-state index contributed by atoms with van der Waals surface area (Å²) in [6, 6.07) is 2.06. The standard InChI is InChI=1S/C11H15ClN2O2/c1-13(2)8-3-5-14(7-8)11(15)9-4-6-16-10(9)12/h4,6,8H,3,5,7H2,1-2H3. The molecule has 4 nitrogen and oxygen atoms in total. The maximum atomic E-state index is 12.1. The van der Waals surface area contributed by atoms with Crippen LogP contribution in [0.1, 0.15) is 16.8 Å². The molecule has 1 unspecified atom stereocenters. The highest BCUT2D eigenvalue weighted by atomic mass is 35.5. The average Bonchev–Trinajstić information content (AvgIpc) is 2.84. The molecule has 0 spiro atoms. The van der Waals surface area contributed by atoms with Gasteiger partial charge >= 0.3 is 0 Å². The average molecular weight is 243 g/mol. The second-order valence-electron chi connectivity index (χ2n) is 4.27. The van der Waals surface area contributed by atoms with Gasteiger partial charge in [-0.25, -0.2) is 0 Å². The van der Waals surface area contributed by atoms with Gasteiger partial charge in [0.1, 0.15) is 0 Å². The molecule has 0 aromatic carbocycles. The van der Waals surface area contributed by atoms with Crippen LogP contribution in [0.4, 0.5) is 0 Å². The lowest BCUT2D eigenvalue weighted by atomic mass is 10.2. The summed E-state index contributed by atoms with van der Waals surface area (Å²) in [5.74, 6) is -0.0388. The number of likely N-dealkylation sites (tertiary alicyclic amines) is 1. The van der Waals surface area contributed by atoms with Gasteiger partial charge in [0.05, 0.1) is 11.8 Å². The number of amides is 1. The molecule has 0 radical (unpaired) electrons. The van der Waals surface area contributed by atoms with E-state index in [-0.39, 0.29) is 11.1 Å². The summed E-state index contributed by atoms with van der Waals surface area (Å²) in [4.78, 5) is 16.0. The van der Waals surface area contributed by atoms with Crippen molar-refractivity contribution >= 4 is 17.5 Å². The first-order valence-electron chi connectivity index (χ1n) is 5.28. The molecule has 1 aromatic rings. The molecule has 0 saturated carbocycles. The Morgan fingerprint density at radius 3 is 2.88 bits per heavy atom. The lowest BCUT2D eigenvalue weighted by Crippen LogP contribution is -2.34. The van der Waals surface area contributed by atoms with Crippen molar-refractivity contribution in [1.82, 2.24) is 9.80 Å². The first-order valence-corrected chi connectivity index (χ1v) is 5.66. The van der Waals surface area contributed by atoms with Gasteiger partial charge in [0.2, 0.25) is 5.22 Å². The van der Waals surface area contributed by atoms with Crippen LogP contribution in [0.3, 0.4) is 0 Å². The van der Waals surface area contributed by atoms with Gasteiger partial charge in [-0.3, -0.25) is 4.79 Å². The van der Waals surface area contributed by atoms with Gasteiger partial charge in [-0.05, 0) is 38.2 Å². The zero-order valence-electron chi connectivity index (χ0n) is 9.44. The van der Waals surface area contributed by atoms with Gasteiger partial charge < -0.3 is 14.2 Å². The fraction of sp³-hybridized carbons (Fsp3) is 0.545. The predicted molar refractivity (Wildman–Crippen MR) is 61.7 cm³/mol. The summed E-state index contributed by atoms with van der Waals surface area (Å²) < 4.78 is 4.93. The number of furan rings is 1. The number of halogens is 1. The SMILES string of the molecule is CN(C)C1CCN(C(=O)c2ccoc2Cl)C1. The van der Waals surface area contributed by atoms with Crippen molar-refractivity contribution in [1.29, 1.82) is 0 Å². The van der Waals surface area contributed by atoms with Crippen LogP contribution < -0.4 is 0 Å². The third kappa shape index (κ3) is 2.08. The normalized spacial score (nSPS) is 20.8. The van der Waals surface area contributed by atoms with E-state index >= 15 is 0 Å². The molecule has 1 aliphatic rings. The molecule has 0 N–H and O–H groups in total. The van der Waals surface area contributed by atoms with Crippen molar-refractivity contribution < 1.29 is 9.21 Å². The molecule has 0 bridgehead atoms. The van der Waals surface area contributed by atoms with Crippen LogP contribution in [0.25, 0.3) is 0 Å². The summed E-state index contributed by atoms with van der Waals surface area (Å²) >= 11 is 5.79. The van der Waals surface area contributed by atoms with Crippen molar-refractivity contribution in [2.24, 2.45) is 0 Å². The van der Waals surface area contributed by atoms with Crippen LogP contribution in [0.2, 0.25) is 5.22 Å². The monoisotopic (exact) mass is 242 g/mol. The van der Waals surface area contributed by atoms with E-state index in [1.807, 2.05) is 19.0 Å². The fourth-order valence-corrected chi connectivity index (χ4v) is 2.16. The number of rotatable bonds is 2. The highest BCUT2D eigenvalue weighted by Gasteiger charge is 2.29. The largest absolute Gasteiger partial charge is 0.452 e. The lowest BCUT2D eigenvalue weighted by Gasteiger charge is -2.20. The molecule has 2 rings (SSSR count). The molecule has 2 heterocycles. The number of hydrogen-bond acceptors (Lipinski definition) is 3. The van der Waals surface area contributed by atoms with Crippen LogP contribution in [-0.2, 0) is 0 Å². The van der Waals surface area contributed by atoms with Gasteiger partial charge in [-0.1, -0.05) is 0 Å². The van der Waals surface area contributed by atoms with E-state index < -0.39 is 0 Å². The van der Waals surface area contributed by atoms with Crippen LogP contribution >= 0.6 is 11.6 Å². The summed E-state index contributed by atoms with van der Waals surface area (Å²) in [6.07, 6.45) is 2.45. The Hall–Kier alpha value is -1.00. The second-order valence-corrected chi connectivity index (χ2v) is 4.61. The third-order valence-electron chi connectivity index (χ3n) is 3.03. The van der Waals surface area contributed by atoms with E-state index in [1.54, 1.807) is 6.07 Å². The Kier molecular flexibility index (Phi) is 3.21. The first kappa shape index (κ1) is 11.5. The molecule has 1 aliphatic heterocycles. The van der Waals surface area contributed by atoms with Crippen LogP contribution in [0.15, 0.2) is 16.7 Å². The Morgan fingerprint density at radius 2 is 2.38 bits per heavy atom. The molecular formula is C11H15ClN2O2.